The van der Waals surface area contributed by atoms with Crippen LogP contribution < -0.4 is 0 Å². The van der Waals surface area contributed by atoms with Gasteiger partial charge in [0.2, 0.25) is 0 Å². The highest BCUT2D eigenvalue weighted by molar-refractivity contribution is 6.61. The molecule has 1 heterocycles. The Bertz CT molecular complexity index is 508. The molecule has 0 aromatic rings. The van der Waals surface area contributed by atoms with Crippen molar-refractivity contribution in [2.75, 3.05) is 52.8 Å². The topological polar surface area (TPSA) is 84.7 Å². The van der Waals surface area contributed by atoms with Gasteiger partial charge in [0.1, 0.15) is 6.04 Å². The molecule has 11 heteroatoms. The summed E-state index contributed by atoms with van der Waals surface area (Å²) in [5, 5.41) is 0. The van der Waals surface area contributed by atoms with E-state index in [1.807, 2.05) is 41.5 Å². The van der Waals surface area contributed by atoms with Crippen molar-refractivity contribution >= 4 is 23.6 Å². The zero-order valence-corrected chi connectivity index (χ0v) is 23.9. The molecule has 3 unspecified atom stereocenters. The van der Waals surface area contributed by atoms with Crippen molar-refractivity contribution in [3.05, 3.63) is 0 Å². The van der Waals surface area contributed by atoms with E-state index >= 15 is 0 Å². The largest absolute Gasteiger partial charge is 0.501 e. The summed E-state index contributed by atoms with van der Waals surface area (Å²) in [6.45, 7) is 18.2. The fraction of sp³-hybridized carbons (Fsp3) is 0.955. The maximum absolute atomic E-state index is 12.6. The predicted molar refractivity (Wildman–Crippen MR) is 131 cm³/mol. The van der Waals surface area contributed by atoms with Gasteiger partial charge in [0.15, 0.2) is 0 Å². The molecule has 0 aromatic carbocycles. The summed E-state index contributed by atoms with van der Waals surface area (Å²) in [6.07, 6.45) is 1.51. The third kappa shape index (κ3) is 10.0. The lowest BCUT2D eigenvalue weighted by Gasteiger charge is -2.28. The van der Waals surface area contributed by atoms with Crippen LogP contribution in [0.1, 0.15) is 61.3 Å². The minimum Gasteiger partial charge on any atom is -0.464 e. The van der Waals surface area contributed by atoms with E-state index in [0.717, 1.165) is 19.0 Å². The Labute approximate surface area is 203 Å². The molecule has 3 atom stereocenters. The first-order chi connectivity index (χ1) is 15.9. The summed E-state index contributed by atoms with van der Waals surface area (Å²) in [7, 11) is -5.34. The molecule has 0 N–H and O–H groups in total. The lowest BCUT2D eigenvalue weighted by atomic mass is 10.3. The standard InChI is InChI=1S/C22H47NO8Si2/c1-8-26-32(27-9-2,28-10-3)18-14-16-23-20(7)21(23)22(24)25-17-15-19-33(29-11-4,30-12-5)31-13-6/h20-21H,8-19H2,1-7H3. The van der Waals surface area contributed by atoms with Gasteiger partial charge in [-0.3, -0.25) is 9.69 Å². The molecule has 0 radical (unpaired) electrons. The van der Waals surface area contributed by atoms with Crippen molar-refractivity contribution in [3.63, 3.8) is 0 Å². The van der Waals surface area contributed by atoms with Crippen LogP contribution in [0.15, 0.2) is 0 Å². The molecule has 0 aliphatic carbocycles. The number of hydrogen-bond donors (Lipinski definition) is 0. The summed E-state index contributed by atoms with van der Waals surface area (Å²) in [4.78, 5) is 14.7. The maximum Gasteiger partial charge on any atom is 0.501 e. The summed E-state index contributed by atoms with van der Waals surface area (Å²) in [6, 6.07) is 1.38. The number of ether oxygens (including phenoxy) is 1. The zero-order chi connectivity index (χ0) is 24.7. The average molecular weight is 510 g/mol. The fourth-order valence-corrected chi connectivity index (χ4v) is 9.28. The Kier molecular flexibility index (Phi) is 15.2. The van der Waals surface area contributed by atoms with Crippen LogP contribution in [-0.2, 0) is 36.1 Å². The lowest BCUT2D eigenvalue weighted by Crippen LogP contribution is -2.46. The first-order valence-electron chi connectivity index (χ1n) is 12.6. The minimum absolute atomic E-state index is 0.165. The minimum atomic E-state index is -2.70. The van der Waals surface area contributed by atoms with Crippen molar-refractivity contribution in [1.82, 2.24) is 4.90 Å². The number of carbonyl (C=O) groups is 1. The van der Waals surface area contributed by atoms with Crippen LogP contribution in [-0.4, -0.2) is 93.4 Å². The highest BCUT2D eigenvalue weighted by Crippen LogP contribution is 2.30. The molecule has 0 spiro atoms. The van der Waals surface area contributed by atoms with E-state index in [0.29, 0.717) is 58.7 Å². The Morgan fingerprint density at radius 2 is 1.09 bits per heavy atom. The molecule has 0 aromatic heterocycles. The van der Waals surface area contributed by atoms with Crippen LogP contribution in [0.4, 0.5) is 0 Å². The highest BCUT2D eigenvalue weighted by Gasteiger charge is 2.50. The van der Waals surface area contributed by atoms with Crippen LogP contribution in [0.2, 0.25) is 12.1 Å². The van der Waals surface area contributed by atoms with Crippen LogP contribution in [0.5, 0.6) is 0 Å². The van der Waals surface area contributed by atoms with Gasteiger partial charge in [0.25, 0.3) is 0 Å². The second kappa shape index (κ2) is 16.3. The Morgan fingerprint density at radius 3 is 1.48 bits per heavy atom. The normalized spacial score (nSPS) is 20.8. The summed E-state index contributed by atoms with van der Waals surface area (Å²) >= 11 is 0. The van der Waals surface area contributed by atoms with Crippen molar-refractivity contribution in [2.24, 2.45) is 0 Å². The number of esters is 1. The van der Waals surface area contributed by atoms with E-state index in [1.54, 1.807) is 0 Å². The lowest BCUT2D eigenvalue weighted by molar-refractivity contribution is -0.144. The molecule has 33 heavy (non-hydrogen) atoms. The highest BCUT2D eigenvalue weighted by atomic mass is 28.4. The van der Waals surface area contributed by atoms with Crippen molar-refractivity contribution in [1.29, 1.82) is 0 Å². The summed E-state index contributed by atoms with van der Waals surface area (Å²) in [5.74, 6) is -0.165. The quantitative estimate of drug-likeness (QED) is 0.0999. The van der Waals surface area contributed by atoms with Gasteiger partial charge in [-0.05, 0) is 67.9 Å². The van der Waals surface area contributed by atoms with Crippen LogP contribution in [0, 0.1) is 0 Å². The molecule has 0 bridgehead atoms. The van der Waals surface area contributed by atoms with E-state index in [1.165, 1.54) is 0 Å². The van der Waals surface area contributed by atoms with Crippen LogP contribution in [0.25, 0.3) is 0 Å². The predicted octanol–water partition coefficient (Wildman–Crippen LogP) is 3.48. The molecule has 9 nitrogen and oxygen atoms in total. The Morgan fingerprint density at radius 1 is 0.697 bits per heavy atom. The fourth-order valence-electron chi connectivity index (χ4n) is 4.11. The molecular formula is C22H47NO8Si2. The molecule has 1 aliphatic rings. The van der Waals surface area contributed by atoms with Crippen molar-refractivity contribution in [2.45, 2.75) is 85.5 Å². The van der Waals surface area contributed by atoms with Gasteiger partial charge in [-0.25, -0.2) is 0 Å². The van der Waals surface area contributed by atoms with Gasteiger partial charge in [0.05, 0.1) is 6.61 Å². The van der Waals surface area contributed by atoms with E-state index in [2.05, 4.69) is 11.8 Å². The van der Waals surface area contributed by atoms with Crippen molar-refractivity contribution < 1.29 is 36.1 Å². The van der Waals surface area contributed by atoms with Gasteiger partial charge in [-0.15, -0.1) is 0 Å². The van der Waals surface area contributed by atoms with Gasteiger partial charge < -0.3 is 31.3 Å². The number of rotatable bonds is 21. The van der Waals surface area contributed by atoms with Crippen molar-refractivity contribution in [3.8, 4) is 0 Å². The molecule has 0 amide bonds. The second-order valence-electron chi connectivity index (χ2n) is 7.76. The van der Waals surface area contributed by atoms with E-state index < -0.39 is 17.6 Å². The molecule has 1 fully saturated rings. The van der Waals surface area contributed by atoms with Crippen LogP contribution in [0.3, 0.4) is 0 Å². The van der Waals surface area contributed by atoms with Gasteiger partial charge in [-0.2, -0.15) is 0 Å². The number of hydrogen-bond acceptors (Lipinski definition) is 9. The molecule has 1 rings (SSSR count). The molecule has 1 saturated heterocycles. The first-order valence-corrected chi connectivity index (χ1v) is 16.5. The van der Waals surface area contributed by atoms with Gasteiger partial charge >= 0.3 is 23.6 Å². The van der Waals surface area contributed by atoms with E-state index in [4.69, 9.17) is 31.3 Å². The Hall–Kier alpha value is -0.376. The van der Waals surface area contributed by atoms with Gasteiger partial charge in [-0.1, -0.05) is 0 Å². The molecule has 0 saturated carbocycles. The zero-order valence-electron chi connectivity index (χ0n) is 21.9. The average Bonchev–Trinajstić information content (AvgIpc) is 3.41. The number of nitrogens with zero attached hydrogens (tertiary/aromatic N) is 1. The summed E-state index contributed by atoms with van der Waals surface area (Å²) < 4.78 is 40.9. The molecular weight excluding hydrogens is 462 g/mol. The molecule has 196 valence electrons. The maximum atomic E-state index is 12.6. The first kappa shape index (κ1) is 30.7. The van der Waals surface area contributed by atoms with Crippen LogP contribution >= 0.6 is 0 Å². The second-order valence-corrected chi connectivity index (χ2v) is 13.2. The van der Waals surface area contributed by atoms with E-state index in [-0.39, 0.29) is 18.1 Å². The SMILES string of the molecule is CCO[Si](CCCOC(=O)C1C(C)N1CCC[Si](OCC)(OCC)OCC)(OCC)OCC. The smallest absolute Gasteiger partial charge is 0.464 e. The number of carbonyl (C=O) groups excluding carboxylic acids is 1. The summed E-state index contributed by atoms with van der Waals surface area (Å²) in [5.41, 5.74) is 0. The Balaban J connectivity index is 2.44. The third-order valence-electron chi connectivity index (χ3n) is 5.45. The molecule has 1 aliphatic heterocycles. The monoisotopic (exact) mass is 509 g/mol. The van der Waals surface area contributed by atoms with Gasteiger partial charge in [0, 0.05) is 57.8 Å². The third-order valence-corrected chi connectivity index (χ3v) is 11.7. The van der Waals surface area contributed by atoms with E-state index in [9.17, 15) is 4.79 Å².